The van der Waals surface area contributed by atoms with Crippen LogP contribution in [0, 0.1) is 12.3 Å². The van der Waals surface area contributed by atoms with Crippen LogP contribution < -0.4 is 0 Å². The van der Waals surface area contributed by atoms with Crippen LogP contribution in [-0.2, 0) is 0 Å². The summed E-state index contributed by atoms with van der Waals surface area (Å²) >= 11 is 0. The number of hydrogen-bond donors (Lipinski definition) is 0. The zero-order chi connectivity index (χ0) is 8.18. The fraction of sp³-hybridized carbons (Fsp3) is 0.778. The average molecular weight is 163 g/mol. The first kappa shape index (κ1) is 6.63. The van der Waals surface area contributed by atoms with Gasteiger partial charge in [-0.25, -0.2) is 4.68 Å². The SMILES string of the molecule is Cc1cn(C2CC3(CC3)C2)nn1. The maximum Gasteiger partial charge on any atom is 0.0796 e. The summed E-state index contributed by atoms with van der Waals surface area (Å²) in [4.78, 5) is 0. The third-order valence-corrected chi connectivity index (χ3v) is 3.29. The van der Waals surface area contributed by atoms with Gasteiger partial charge in [-0.1, -0.05) is 5.21 Å². The predicted octanol–water partition coefficient (Wildman–Crippen LogP) is 1.70. The average Bonchev–Trinajstić information content (AvgIpc) is 2.67. The van der Waals surface area contributed by atoms with E-state index in [0.29, 0.717) is 6.04 Å². The lowest BCUT2D eigenvalue weighted by Gasteiger charge is -2.35. The number of aryl methyl sites for hydroxylation is 1. The van der Waals surface area contributed by atoms with Crippen molar-refractivity contribution in [2.24, 2.45) is 5.41 Å². The van der Waals surface area contributed by atoms with Gasteiger partial charge in [0.1, 0.15) is 0 Å². The molecule has 0 saturated heterocycles. The van der Waals surface area contributed by atoms with Crippen molar-refractivity contribution < 1.29 is 0 Å². The van der Waals surface area contributed by atoms with Gasteiger partial charge in [0.25, 0.3) is 0 Å². The lowest BCUT2D eigenvalue weighted by molar-refractivity contribution is 0.159. The molecular formula is C9H13N3. The Morgan fingerprint density at radius 2 is 2.25 bits per heavy atom. The molecule has 1 spiro atoms. The summed E-state index contributed by atoms with van der Waals surface area (Å²) in [5.41, 5.74) is 1.80. The van der Waals surface area contributed by atoms with Gasteiger partial charge in [-0.2, -0.15) is 0 Å². The molecule has 2 saturated carbocycles. The van der Waals surface area contributed by atoms with Crippen LogP contribution in [0.5, 0.6) is 0 Å². The Bertz CT molecular complexity index is 303. The van der Waals surface area contributed by atoms with Gasteiger partial charge >= 0.3 is 0 Å². The molecular weight excluding hydrogens is 150 g/mol. The Hall–Kier alpha value is -0.860. The number of nitrogens with zero attached hydrogens (tertiary/aromatic N) is 3. The topological polar surface area (TPSA) is 30.7 Å². The van der Waals surface area contributed by atoms with Crippen LogP contribution >= 0.6 is 0 Å². The Balaban J connectivity index is 1.75. The van der Waals surface area contributed by atoms with Crippen LogP contribution in [0.25, 0.3) is 0 Å². The third kappa shape index (κ3) is 0.822. The smallest absolute Gasteiger partial charge is 0.0796 e. The van der Waals surface area contributed by atoms with Crippen LogP contribution in [0.15, 0.2) is 6.20 Å². The summed E-state index contributed by atoms with van der Waals surface area (Å²) in [6.45, 7) is 2.00. The van der Waals surface area contributed by atoms with E-state index < -0.39 is 0 Å². The minimum Gasteiger partial charge on any atom is -0.249 e. The molecule has 2 aliphatic rings. The zero-order valence-corrected chi connectivity index (χ0v) is 7.32. The number of rotatable bonds is 1. The van der Waals surface area contributed by atoms with Gasteiger partial charge < -0.3 is 0 Å². The van der Waals surface area contributed by atoms with Gasteiger partial charge in [-0.05, 0) is 38.0 Å². The van der Waals surface area contributed by atoms with Crippen LogP contribution in [-0.4, -0.2) is 15.0 Å². The second-order valence-electron chi connectivity index (χ2n) is 4.40. The molecule has 1 aromatic heterocycles. The summed E-state index contributed by atoms with van der Waals surface area (Å²) in [5, 5.41) is 8.10. The molecule has 0 amide bonds. The molecule has 3 rings (SSSR count). The second kappa shape index (κ2) is 1.90. The van der Waals surface area contributed by atoms with Crippen LogP contribution in [0.3, 0.4) is 0 Å². The molecule has 2 fully saturated rings. The molecule has 0 atom stereocenters. The first-order valence-corrected chi connectivity index (χ1v) is 4.66. The van der Waals surface area contributed by atoms with Crippen molar-refractivity contribution in [3.05, 3.63) is 11.9 Å². The molecule has 0 bridgehead atoms. The fourth-order valence-corrected chi connectivity index (χ4v) is 2.26. The molecule has 0 unspecified atom stereocenters. The van der Waals surface area contributed by atoms with Crippen molar-refractivity contribution in [3.63, 3.8) is 0 Å². The molecule has 0 N–H and O–H groups in total. The van der Waals surface area contributed by atoms with Gasteiger partial charge in [-0.3, -0.25) is 0 Å². The summed E-state index contributed by atoms with van der Waals surface area (Å²) < 4.78 is 2.04. The quantitative estimate of drug-likeness (QED) is 0.631. The zero-order valence-electron chi connectivity index (χ0n) is 7.32. The van der Waals surface area contributed by atoms with Crippen molar-refractivity contribution in [3.8, 4) is 0 Å². The fourth-order valence-electron chi connectivity index (χ4n) is 2.26. The van der Waals surface area contributed by atoms with Gasteiger partial charge in [0, 0.05) is 6.20 Å². The van der Waals surface area contributed by atoms with Crippen LogP contribution in [0.2, 0.25) is 0 Å². The molecule has 12 heavy (non-hydrogen) atoms. The Morgan fingerprint density at radius 1 is 1.50 bits per heavy atom. The van der Waals surface area contributed by atoms with Crippen molar-refractivity contribution >= 4 is 0 Å². The highest BCUT2D eigenvalue weighted by atomic mass is 15.4. The van der Waals surface area contributed by atoms with E-state index >= 15 is 0 Å². The highest BCUT2D eigenvalue weighted by Gasteiger charge is 2.53. The standard InChI is InChI=1S/C9H13N3/c1-7-6-12(11-10-7)8-4-9(5-8)2-3-9/h6,8H,2-5H2,1H3. The minimum atomic E-state index is 0.661. The normalized spacial score (nSPS) is 25.8. The molecule has 0 radical (unpaired) electrons. The van der Waals surface area contributed by atoms with E-state index in [4.69, 9.17) is 0 Å². The first-order valence-electron chi connectivity index (χ1n) is 4.66. The summed E-state index contributed by atoms with van der Waals surface area (Å²) in [7, 11) is 0. The second-order valence-corrected chi connectivity index (χ2v) is 4.40. The Kier molecular flexibility index (Phi) is 1.05. The largest absolute Gasteiger partial charge is 0.249 e. The lowest BCUT2D eigenvalue weighted by atomic mass is 9.77. The highest BCUT2D eigenvalue weighted by Crippen LogP contribution is 2.64. The molecule has 1 aromatic rings. The summed E-state index contributed by atoms with van der Waals surface area (Å²) in [6, 6.07) is 0.661. The molecule has 3 heteroatoms. The van der Waals surface area contributed by atoms with Crippen molar-refractivity contribution in [2.45, 2.75) is 38.6 Å². The summed E-state index contributed by atoms with van der Waals surface area (Å²) in [5.74, 6) is 0. The van der Waals surface area contributed by atoms with E-state index in [-0.39, 0.29) is 0 Å². The van der Waals surface area contributed by atoms with E-state index in [9.17, 15) is 0 Å². The van der Waals surface area contributed by atoms with E-state index in [1.165, 1.54) is 25.7 Å². The number of hydrogen-bond acceptors (Lipinski definition) is 2. The molecule has 64 valence electrons. The van der Waals surface area contributed by atoms with Crippen LogP contribution in [0.1, 0.15) is 37.4 Å². The van der Waals surface area contributed by atoms with E-state index in [1.807, 2.05) is 11.6 Å². The maximum atomic E-state index is 4.10. The van der Waals surface area contributed by atoms with E-state index in [1.54, 1.807) is 0 Å². The Morgan fingerprint density at radius 3 is 2.75 bits per heavy atom. The van der Waals surface area contributed by atoms with Crippen molar-refractivity contribution in [1.29, 1.82) is 0 Å². The highest BCUT2D eigenvalue weighted by molar-refractivity contribution is 5.06. The predicted molar refractivity (Wildman–Crippen MR) is 44.7 cm³/mol. The summed E-state index contributed by atoms with van der Waals surface area (Å²) in [6.07, 6.45) is 7.65. The van der Waals surface area contributed by atoms with Crippen molar-refractivity contribution in [1.82, 2.24) is 15.0 Å². The van der Waals surface area contributed by atoms with E-state index in [2.05, 4.69) is 16.5 Å². The van der Waals surface area contributed by atoms with Gasteiger partial charge in [0.15, 0.2) is 0 Å². The van der Waals surface area contributed by atoms with E-state index in [0.717, 1.165) is 11.1 Å². The molecule has 2 aliphatic carbocycles. The van der Waals surface area contributed by atoms with Crippen LogP contribution in [0.4, 0.5) is 0 Å². The minimum absolute atomic E-state index is 0.661. The van der Waals surface area contributed by atoms with Gasteiger partial charge in [0.05, 0.1) is 11.7 Å². The maximum absolute atomic E-state index is 4.10. The first-order chi connectivity index (χ1) is 5.77. The van der Waals surface area contributed by atoms with Gasteiger partial charge in [-0.15, -0.1) is 5.10 Å². The molecule has 0 aromatic carbocycles. The Labute approximate surface area is 71.8 Å². The molecule has 1 heterocycles. The third-order valence-electron chi connectivity index (χ3n) is 3.29. The monoisotopic (exact) mass is 163 g/mol. The molecule has 3 nitrogen and oxygen atoms in total. The number of aromatic nitrogens is 3. The van der Waals surface area contributed by atoms with Crippen molar-refractivity contribution in [2.75, 3.05) is 0 Å². The lowest BCUT2D eigenvalue weighted by Crippen LogP contribution is -2.28. The molecule has 0 aliphatic heterocycles. The van der Waals surface area contributed by atoms with Gasteiger partial charge in [0.2, 0.25) is 0 Å².